The summed E-state index contributed by atoms with van der Waals surface area (Å²) in [7, 11) is 1.77. The van der Waals surface area contributed by atoms with Crippen LogP contribution in [0.15, 0.2) is 71.5 Å². The van der Waals surface area contributed by atoms with Crippen LogP contribution in [-0.2, 0) is 7.05 Å². The second-order valence-corrected chi connectivity index (χ2v) is 13.2. The molecule has 1 aromatic heterocycles. The number of rotatable bonds is 10. The Kier molecular flexibility index (Phi) is 10.4. The van der Waals surface area contributed by atoms with Crippen molar-refractivity contribution >= 4 is 57.4 Å². The van der Waals surface area contributed by atoms with Crippen molar-refractivity contribution in [3.8, 4) is 0 Å². The van der Waals surface area contributed by atoms with Gasteiger partial charge in [-0.2, -0.15) is 13.2 Å². The van der Waals surface area contributed by atoms with Gasteiger partial charge in [0.05, 0.1) is 11.2 Å². The van der Waals surface area contributed by atoms with Crippen molar-refractivity contribution in [2.24, 2.45) is 7.05 Å². The van der Waals surface area contributed by atoms with Crippen molar-refractivity contribution in [2.75, 3.05) is 30.3 Å². The van der Waals surface area contributed by atoms with Crippen LogP contribution in [-0.4, -0.2) is 40.1 Å². The van der Waals surface area contributed by atoms with Gasteiger partial charge in [0.2, 0.25) is 0 Å². The second-order valence-electron chi connectivity index (χ2n) is 11.1. The smallest absolute Gasteiger partial charge is 0.383 e. The number of aromatic nitrogens is 1. The van der Waals surface area contributed by atoms with E-state index in [1.165, 1.54) is 4.31 Å². The molecule has 5 nitrogen and oxygen atoms in total. The summed E-state index contributed by atoms with van der Waals surface area (Å²) < 4.78 is 41.8. The molecule has 0 bridgehead atoms. The topological polar surface area (TPSA) is 49.3 Å². The molecule has 5 rings (SSSR count). The fraction of sp³-hybridized carbons (Fsp3) is 0.364. The molecule has 2 heterocycles. The Morgan fingerprint density at radius 1 is 0.909 bits per heavy atom. The molecule has 1 aliphatic heterocycles. The first-order valence-electron chi connectivity index (χ1n) is 14.7. The van der Waals surface area contributed by atoms with E-state index in [0.717, 1.165) is 52.7 Å². The van der Waals surface area contributed by atoms with Gasteiger partial charge in [-0.05, 0) is 72.4 Å². The van der Waals surface area contributed by atoms with Gasteiger partial charge in [0.1, 0.15) is 0 Å². The Balaban J connectivity index is 1.62. The van der Waals surface area contributed by atoms with E-state index in [0.29, 0.717) is 41.7 Å². The lowest BCUT2D eigenvalue weighted by Crippen LogP contribution is -2.37. The van der Waals surface area contributed by atoms with E-state index in [4.69, 9.17) is 23.2 Å². The summed E-state index contributed by atoms with van der Waals surface area (Å²) in [5, 5.41) is 9.27. The molecule has 234 valence electrons. The zero-order chi connectivity index (χ0) is 31.4. The summed E-state index contributed by atoms with van der Waals surface area (Å²) in [6.45, 7) is 3.47. The van der Waals surface area contributed by atoms with Crippen LogP contribution >= 0.6 is 35.1 Å². The summed E-state index contributed by atoms with van der Waals surface area (Å²) in [4.78, 5) is 13.2. The van der Waals surface area contributed by atoms with E-state index in [9.17, 15) is 18.0 Å². The maximum absolute atomic E-state index is 13.2. The number of hydrogen-bond acceptors (Lipinski definition) is 5. The molecule has 0 spiro atoms. The highest BCUT2D eigenvalue weighted by Crippen LogP contribution is 2.40. The number of benzene rings is 3. The molecule has 44 heavy (non-hydrogen) atoms. The Morgan fingerprint density at radius 3 is 2.05 bits per heavy atom. The molecular weight excluding hydrogens is 628 g/mol. The maximum Gasteiger partial charge on any atom is 0.456 e. The van der Waals surface area contributed by atoms with Gasteiger partial charge in [-0.1, -0.05) is 60.8 Å². The number of anilines is 2. The highest BCUT2D eigenvalue weighted by molar-refractivity contribution is 7.97. The molecule has 0 unspecified atom stereocenters. The largest absolute Gasteiger partial charge is 0.456 e. The first kappa shape index (κ1) is 32.5. The number of nitrogens with one attached hydrogen (secondary N) is 2. The zero-order valence-corrected chi connectivity index (χ0v) is 26.9. The average molecular weight is 664 g/mol. The molecule has 1 aliphatic rings. The van der Waals surface area contributed by atoms with Crippen LogP contribution in [0.2, 0.25) is 10.0 Å². The zero-order valence-electron chi connectivity index (χ0n) is 24.6. The number of aryl methyl sites for hydroxylation is 1. The van der Waals surface area contributed by atoms with Gasteiger partial charge in [-0.25, -0.2) is 4.31 Å². The number of unbranched alkanes of at least 4 members (excludes halogenated alkanes) is 1. The molecule has 11 heteroatoms. The maximum atomic E-state index is 13.2. The first-order valence-corrected chi connectivity index (χ1v) is 16.2. The summed E-state index contributed by atoms with van der Waals surface area (Å²) >= 11 is 12.5. The van der Waals surface area contributed by atoms with Crippen molar-refractivity contribution in [2.45, 2.75) is 50.1 Å². The van der Waals surface area contributed by atoms with Gasteiger partial charge < -0.3 is 15.2 Å². The van der Waals surface area contributed by atoms with Crippen LogP contribution in [0.4, 0.5) is 24.5 Å². The number of nitrogens with zero attached hydrogens (tertiary/aromatic N) is 2. The highest BCUT2D eigenvalue weighted by Gasteiger charge is 2.34. The molecule has 3 aromatic carbocycles. The van der Waals surface area contributed by atoms with E-state index in [2.05, 4.69) is 29.7 Å². The number of alkyl halides is 3. The lowest BCUT2D eigenvalue weighted by Gasteiger charge is -2.32. The van der Waals surface area contributed by atoms with E-state index in [-0.39, 0.29) is 29.5 Å². The molecule has 0 radical (unpaired) electrons. The molecule has 2 N–H and O–H groups in total. The minimum absolute atomic E-state index is 0.0656. The summed E-state index contributed by atoms with van der Waals surface area (Å²) in [5.41, 5.74) is 0.937. The second kappa shape index (κ2) is 14.1. The third-order valence-corrected chi connectivity index (χ3v) is 9.32. The van der Waals surface area contributed by atoms with E-state index < -0.39 is 5.51 Å². The third kappa shape index (κ3) is 7.86. The Morgan fingerprint density at radius 2 is 1.50 bits per heavy atom. The average Bonchev–Trinajstić information content (AvgIpc) is 2.98. The summed E-state index contributed by atoms with van der Waals surface area (Å²) in [6, 6.07) is 21.3. The van der Waals surface area contributed by atoms with E-state index in [1.807, 2.05) is 48.5 Å². The Hall–Kier alpha value is -2.85. The van der Waals surface area contributed by atoms with Crippen LogP contribution in [0.25, 0.3) is 10.9 Å². The predicted molar refractivity (Wildman–Crippen MR) is 178 cm³/mol. The number of halogens is 5. The van der Waals surface area contributed by atoms with Crippen LogP contribution in [0.5, 0.6) is 0 Å². The molecule has 0 atom stereocenters. The van der Waals surface area contributed by atoms with Crippen LogP contribution in [0.3, 0.4) is 0 Å². The number of fused-ring (bicyclic) bond motifs is 1. The van der Waals surface area contributed by atoms with Gasteiger partial charge in [-0.15, -0.1) is 0 Å². The van der Waals surface area contributed by atoms with Crippen molar-refractivity contribution in [3.63, 3.8) is 0 Å². The van der Waals surface area contributed by atoms with Gasteiger partial charge in [0.25, 0.3) is 5.56 Å². The Labute approximate surface area is 269 Å². The van der Waals surface area contributed by atoms with Crippen LogP contribution < -0.4 is 16.2 Å². The quantitative estimate of drug-likeness (QED) is 0.101. The highest BCUT2D eigenvalue weighted by atomic mass is 35.5. The monoisotopic (exact) mass is 662 g/mol. The predicted octanol–water partition coefficient (Wildman–Crippen LogP) is 9.28. The van der Waals surface area contributed by atoms with Crippen molar-refractivity contribution in [3.05, 3.63) is 104 Å². The lowest BCUT2D eigenvalue weighted by atomic mass is 9.84. The fourth-order valence-corrected chi connectivity index (χ4v) is 6.74. The first-order chi connectivity index (χ1) is 21.0. The molecule has 0 saturated carbocycles. The summed E-state index contributed by atoms with van der Waals surface area (Å²) in [6.07, 6.45) is 3.03. The van der Waals surface area contributed by atoms with Gasteiger partial charge in [0.15, 0.2) is 0 Å². The van der Waals surface area contributed by atoms with Crippen molar-refractivity contribution in [1.29, 1.82) is 0 Å². The van der Waals surface area contributed by atoms with Gasteiger partial charge in [0, 0.05) is 77.8 Å². The molecular formula is C33H35Cl2F3N4OS. The lowest BCUT2D eigenvalue weighted by molar-refractivity contribution is -0.0366. The standard InChI is InChI=1S/C33H35Cl2F3N4OS/c1-3-4-15-39-29-19-23(31(21-5-9-24(34)10-6-21)22-7-11-25(35)12-8-22)18-27-28(20-30(43)41(2)32(27)29)40-26-13-16-42(17-14-26)44-33(36,37)38/h5-12,18-20,26,31,39-40H,3-4,13-17H2,1-2H3. The Bertz CT molecular complexity index is 1590. The normalized spacial score (nSPS) is 14.8. The minimum Gasteiger partial charge on any atom is -0.383 e. The van der Waals surface area contributed by atoms with Crippen LogP contribution in [0.1, 0.15) is 55.2 Å². The molecule has 0 aliphatic carbocycles. The number of pyridine rings is 1. The van der Waals surface area contributed by atoms with E-state index >= 15 is 0 Å². The van der Waals surface area contributed by atoms with Crippen LogP contribution in [0, 0.1) is 0 Å². The SMILES string of the molecule is CCCCNc1cc(C(c2ccc(Cl)cc2)c2ccc(Cl)cc2)cc2c(NC3CCN(SC(F)(F)F)CC3)cc(=O)n(C)c12. The molecule has 1 fully saturated rings. The fourth-order valence-electron chi connectivity index (χ4n) is 5.80. The molecule has 4 aromatic rings. The van der Waals surface area contributed by atoms with Crippen molar-refractivity contribution < 1.29 is 13.2 Å². The van der Waals surface area contributed by atoms with Gasteiger partial charge >= 0.3 is 5.51 Å². The molecule has 1 saturated heterocycles. The van der Waals surface area contributed by atoms with Crippen molar-refractivity contribution in [1.82, 2.24) is 8.87 Å². The van der Waals surface area contributed by atoms with E-state index in [1.54, 1.807) is 17.7 Å². The minimum atomic E-state index is -4.30. The summed E-state index contributed by atoms with van der Waals surface area (Å²) in [5.74, 6) is -0.159. The third-order valence-electron chi connectivity index (χ3n) is 7.99. The number of hydrogen-bond donors (Lipinski definition) is 2. The van der Waals surface area contributed by atoms with Gasteiger partial charge in [-0.3, -0.25) is 4.79 Å². The molecule has 0 amide bonds. The number of piperidine rings is 1.